The molecule has 2 saturated heterocycles. The quantitative estimate of drug-likeness (QED) is 0.105. The minimum atomic E-state index is -0.571. The fraction of sp³-hybridized carbons (Fsp3) is 0.283. The summed E-state index contributed by atoms with van der Waals surface area (Å²) in [4.78, 5) is 32.2. The summed E-state index contributed by atoms with van der Waals surface area (Å²) in [5.74, 6) is -1.51. The van der Waals surface area contributed by atoms with Crippen molar-refractivity contribution in [2.75, 3.05) is 42.5 Å². The van der Waals surface area contributed by atoms with Crippen LogP contribution in [0.5, 0.6) is 0 Å². The van der Waals surface area contributed by atoms with E-state index in [1.165, 1.54) is 24.7 Å². The first-order valence-corrected chi connectivity index (χ1v) is 21.7. The van der Waals surface area contributed by atoms with E-state index in [0.29, 0.717) is 97.2 Å². The zero-order valence-electron chi connectivity index (χ0n) is 36.2. The van der Waals surface area contributed by atoms with Crippen LogP contribution < -0.4 is 15.5 Å². The predicted octanol–water partition coefficient (Wildman–Crippen LogP) is 6.08. The van der Waals surface area contributed by atoms with Crippen molar-refractivity contribution in [3.05, 3.63) is 132 Å². The number of nitrogens with zero attached hydrogens (tertiary/aromatic N) is 12. The lowest BCUT2D eigenvalue weighted by Gasteiger charge is -2.32. The average molecular weight is 934 g/mol. The molecule has 350 valence electrons. The molecule has 68 heavy (non-hydrogen) atoms. The number of esters is 1. The summed E-state index contributed by atoms with van der Waals surface area (Å²) in [6.07, 6.45) is 6.59. The van der Waals surface area contributed by atoms with Crippen molar-refractivity contribution in [2.45, 2.75) is 51.0 Å². The Morgan fingerprint density at radius 1 is 0.647 bits per heavy atom. The summed E-state index contributed by atoms with van der Waals surface area (Å²) in [5.41, 5.74) is 9.16. The van der Waals surface area contributed by atoms with Crippen molar-refractivity contribution in [1.82, 2.24) is 49.8 Å². The van der Waals surface area contributed by atoms with Crippen molar-refractivity contribution in [1.29, 1.82) is 0 Å². The van der Waals surface area contributed by atoms with Gasteiger partial charge in [-0.05, 0) is 37.1 Å². The van der Waals surface area contributed by atoms with E-state index >= 15 is 0 Å². The van der Waals surface area contributed by atoms with Gasteiger partial charge in [0.15, 0.2) is 34.9 Å². The number of aromatic nitrogens is 10. The van der Waals surface area contributed by atoms with E-state index in [1.807, 2.05) is 0 Å². The molecule has 0 bridgehead atoms. The highest BCUT2D eigenvalue weighted by atomic mass is 19.1. The van der Waals surface area contributed by atoms with Crippen molar-refractivity contribution >= 4 is 17.6 Å². The first-order chi connectivity index (χ1) is 33.1. The Morgan fingerprint density at radius 3 is 1.53 bits per heavy atom. The van der Waals surface area contributed by atoms with Crippen molar-refractivity contribution in [2.24, 2.45) is 5.73 Å². The third kappa shape index (κ3) is 10.2. The second-order valence-corrected chi connectivity index (χ2v) is 15.9. The number of ether oxygens (including phenoxy) is 1. The monoisotopic (exact) mass is 933 g/mol. The molecule has 0 spiro atoms. The van der Waals surface area contributed by atoms with Crippen LogP contribution in [0.1, 0.15) is 36.8 Å². The fourth-order valence-electron chi connectivity index (χ4n) is 7.87. The van der Waals surface area contributed by atoms with E-state index < -0.39 is 17.6 Å². The Bertz CT molecular complexity index is 2970. The smallest absolute Gasteiger partial charge is 0.319 e. The molecule has 2 aliphatic rings. The van der Waals surface area contributed by atoms with Crippen LogP contribution in [-0.4, -0.2) is 106 Å². The van der Waals surface area contributed by atoms with Gasteiger partial charge in [0.2, 0.25) is 0 Å². The van der Waals surface area contributed by atoms with Crippen LogP contribution in [0, 0.1) is 23.3 Å². The second-order valence-electron chi connectivity index (χ2n) is 15.9. The summed E-state index contributed by atoms with van der Waals surface area (Å²) in [6, 6.07) is 19.6. The highest BCUT2D eigenvalue weighted by Gasteiger charge is 2.27. The SMILES string of the molecule is NCC(=O)OC1CCN(c2nc(-c3cc(-c4ccon4)n(Cc4ccccc4F)n3)ncc2F)CC1.OC1CCN(c2nc(-c3cc(-c4ccon4)n(Cc4ccccc4F)n3)ncc2F)CC1. The maximum absolute atomic E-state index is 14.7. The second kappa shape index (κ2) is 20.3. The van der Waals surface area contributed by atoms with Gasteiger partial charge >= 0.3 is 5.97 Å². The summed E-state index contributed by atoms with van der Waals surface area (Å²) in [6.45, 7) is 2.01. The van der Waals surface area contributed by atoms with Crippen molar-refractivity contribution in [3.8, 4) is 45.8 Å². The number of aliphatic hydroxyl groups is 1. The molecule has 10 rings (SSSR count). The Labute approximate surface area is 385 Å². The molecule has 0 unspecified atom stereocenters. The molecule has 2 aromatic carbocycles. The van der Waals surface area contributed by atoms with Gasteiger partial charge in [0, 0.05) is 62.3 Å². The number of benzene rings is 2. The number of piperidine rings is 2. The highest BCUT2D eigenvalue weighted by molar-refractivity contribution is 5.71. The molecule has 18 nitrogen and oxygen atoms in total. The number of anilines is 2. The van der Waals surface area contributed by atoms with Gasteiger partial charge < -0.3 is 34.4 Å². The average Bonchev–Trinajstić information content (AvgIpc) is 4.21. The molecule has 0 aliphatic carbocycles. The summed E-state index contributed by atoms with van der Waals surface area (Å²) >= 11 is 0. The number of nitrogens with two attached hydrogens (primary N) is 1. The van der Waals surface area contributed by atoms with Crippen LogP contribution in [0.3, 0.4) is 0 Å². The van der Waals surface area contributed by atoms with E-state index in [0.717, 1.165) is 12.4 Å². The first-order valence-electron chi connectivity index (χ1n) is 21.7. The van der Waals surface area contributed by atoms with Gasteiger partial charge in [-0.3, -0.25) is 14.2 Å². The Hall–Kier alpha value is -7.85. The number of hydrogen-bond donors (Lipinski definition) is 2. The van der Waals surface area contributed by atoms with Gasteiger partial charge in [-0.1, -0.05) is 46.7 Å². The lowest BCUT2D eigenvalue weighted by Crippen LogP contribution is -2.39. The van der Waals surface area contributed by atoms with Crippen LogP contribution in [0.15, 0.2) is 107 Å². The van der Waals surface area contributed by atoms with Gasteiger partial charge in [0.1, 0.15) is 53.0 Å². The van der Waals surface area contributed by atoms with E-state index in [4.69, 9.17) is 19.5 Å². The predicted molar refractivity (Wildman–Crippen MR) is 236 cm³/mol. The standard InChI is InChI=1S/C24H23F2N7O3.C22H20F2N6O2/c25-17-4-2-1-3-15(17)14-33-21(19-7-10-35-31-19)11-20(30-33)23-28-13-18(26)24(29-23)32-8-5-16(6-9-32)36-22(34)12-27;23-16-4-2-1-3-14(16)13-30-20(18-7-10-32-28-18)11-19(27-30)21-25-12-17(24)22(26-21)29-8-5-15(31)6-9-29/h1-4,7,10-11,13,16H,5-6,8-9,12,14,27H2;1-4,7,10-12,15,31H,5-6,8-9,13H2. The van der Waals surface area contributed by atoms with Crippen LogP contribution in [0.4, 0.5) is 29.2 Å². The van der Waals surface area contributed by atoms with Gasteiger partial charge in [-0.25, -0.2) is 37.5 Å². The number of aliphatic hydroxyl groups excluding tert-OH is 1. The van der Waals surface area contributed by atoms with Gasteiger partial charge in [0.05, 0.1) is 49.5 Å². The van der Waals surface area contributed by atoms with Crippen LogP contribution in [0.2, 0.25) is 0 Å². The number of hydrogen-bond acceptors (Lipinski definition) is 16. The molecule has 0 atom stereocenters. The van der Waals surface area contributed by atoms with Crippen LogP contribution in [-0.2, 0) is 22.6 Å². The maximum atomic E-state index is 14.7. The Balaban J connectivity index is 0.000000171. The highest BCUT2D eigenvalue weighted by Crippen LogP contribution is 2.30. The molecule has 6 aromatic heterocycles. The van der Waals surface area contributed by atoms with E-state index in [2.05, 4.69) is 40.4 Å². The molecule has 2 aliphatic heterocycles. The number of carbonyl (C=O) groups is 1. The molecule has 3 N–H and O–H groups in total. The normalized spacial score (nSPS) is 14.5. The molecule has 0 amide bonds. The molecule has 8 aromatic rings. The number of rotatable bonds is 12. The molecule has 8 heterocycles. The maximum Gasteiger partial charge on any atom is 0.319 e. The molecule has 0 radical (unpaired) electrons. The Morgan fingerprint density at radius 2 is 1.10 bits per heavy atom. The number of carbonyl (C=O) groups excluding carboxylic acids is 1. The molecular formula is C46H43F4N13O5. The topological polar surface area (TPSA) is 218 Å². The third-order valence-electron chi connectivity index (χ3n) is 11.4. The largest absolute Gasteiger partial charge is 0.461 e. The molecule has 0 saturated carbocycles. The van der Waals surface area contributed by atoms with Crippen molar-refractivity contribution < 1.29 is 41.2 Å². The van der Waals surface area contributed by atoms with Crippen LogP contribution in [0.25, 0.3) is 45.8 Å². The zero-order chi connectivity index (χ0) is 47.1. The van der Waals surface area contributed by atoms with Gasteiger partial charge in [-0.15, -0.1) is 0 Å². The summed E-state index contributed by atoms with van der Waals surface area (Å²) < 4.78 is 76.2. The third-order valence-corrected chi connectivity index (χ3v) is 11.4. The van der Waals surface area contributed by atoms with Gasteiger partial charge in [0.25, 0.3) is 0 Å². The zero-order valence-corrected chi connectivity index (χ0v) is 36.2. The van der Waals surface area contributed by atoms with E-state index in [9.17, 15) is 27.5 Å². The minimum absolute atomic E-state index is 0.134. The molecular weight excluding hydrogens is 891 g/mol. The molecule has 2 fully saturated rings. The van der Waals surface area contributed by atoms with E-state index in [1.54, 1.807) is 79.8 Å². The van der Waals surface area contributed by atoms with Gasteiger partial charge in [-0.2, -0.15) is 10.2 Å². The molecule has 22 heteroatoms. The van der Waals surface area contributed by atoms with Crippen LogP contribution >= 0.6 is 0 Å². The first kappa shape index (κ1) is 45.3. The summed E-state index contributed by atoms with van der Waals surface area (Å²) in [5, 5.41) is 26.8. The number of halogens is 4. The minimum Gasteiger partial charge on any atom is -0.461 e. The summed E-state index contributed by atoms with van der Waals surface area (Å²) in [7, 11) is 0. The lowest BCUT2D eigenvalue weighted by atomic mass is 10.1. The lowest BCUT2D eigenvalue weighted by molar-refractivity contribution is -0.148. The fourth-order valence-corrected chi connectivity index (χ4v) is 7.87. The van der Waals surface area contributed by atoms with Crippen molar-refractivity contribution in [3.63, 3.8) is 0 Å². The Kier molecular flexibility index (Phi) is 13.6. The van der Waals surface area contributed by atoms with E-state index in [-0.39, 0.29) is 66.8 Å².